The molecule has 0 fully saturated rings. The van der Waals surface area contributed by atoms with E-state index in [1.54, 1.807) is 0 Å². The summed E-state index contributed by atoms with van der Waals surface area (Å²) < 4.78 is 51.8. The number of benzene rings is 1. The molecule has 0 saturated heterocycles. The van der Waals surface area contributed by atoms with Crippen LogP contribution in [-0.4, -0.2) is 5.78 Å². The summed E-state index contributed by atoms with van der Waals surface area (Å²) >= 11 is 1.01. The van der Waals surface area contributed by atoms with Gasteiger partial charge in [0.15, 0.2) is 5.78 Å². The lowest BCUT2D eigenvalue weighted by molar-refractivity contribution is -0.137. The molecule has 0 amide bonds. The minimum Gasteiger partial charge on any atom is -0.293 e. The van der Waals surface area contributed by atoms with Crippen molar-refractivity contribution in [1.82, 2.24) is 0 Å². The number of alkyl halides is 3. The average Bonchev–Trinajstić information content (AvgIpc) is 2.87. The van der Waals surface area contributed by atoms with Crippen molar-refractivity contribution >= 4 is 17.1 Å². The van der Waals surface area contributed by atoms with Gasteiger partial charge in [-0.15, -0.1) is 11.3 Å². The predicted molar refractivity (Wildman–Crippen MR) is 74.0 cm³/mol. The van der Waals surface area contributed by atoms with Crippen LogP contribution in [0.2, 0.25) is 0 Å². The van der Waals surface area contributed by atoms with Crippen LogP contribution in [0.5, 0.6) is 0 Å². The molecule has 0 aliphatic rings. The summed E-state index contributed by atoms with van der Waals surface area (Å²) in [5, 5.41) is 0. The summed E-state index contributed by atoms with van der Waals surface area (Å²) in [6.07, 6.45) is -3.48. The Kier molecular flexibility index (Phi) is 4.46. The fourth-order valence-corrected chi connectivity index (χ4v) is 2.86. The maximum Gasteiger partial charge on any atom is 0.416 e. The highest BCUT2D eigenvalue weighted by Crippen LogP contribution is 2.36. The van der Waals surface area contributed by atoms with E-state index >= 15 is 0 Å². The predicted octanol–water partition coefficient (Wildman–Crippen LogP) is 5.56. The Morgan fingerprint density at radius 1 is 1.19 bits per heavy atom. The minimum absolute atomic E-state index is 0.0823. The third-order valence-corrected chi connectivity index (χ3v) is 4.08. The fourth-order valence-electron chi connectivity index (χ4n) is 1.87. The van der Waals surface area contributed by atoms with Crippen LogP contribution < -0.4 is 0 Å². The normalized spacial score (nSPS) is 11.7. The quantitative estimate of drug-likeness (QED) is 0.533. The molecule has 0 aliphatic heterocycles. The van der Waals surface area contributed by atoms with Gasteiger partial charge in [-0.05, 0) is 36.8 Å². The highest BCUT2D eigenvalue weighted by molar-refractivity contribution is 7.17. The van der Waals surface area contributed by atoms with Crippen molar-refractivity contribution in [3.8, 4) is 10.4 Å². The van der Waals surface area contributed by atoms with Gasteiger partial charge < -0.3 is 0 Å². The van der Waals surface area contributed by atoms with Gasteiger partial charge in [0.05, 0.1) is 10.4 Å². The molecule has 0 atom stereocenters. The Hall–Kier alpha value is -1.69. The van der Waals surface area contributed by atoms with Crippen LogP contribution in [0.1, 0.15) is 35.0 Å². The fraction of sp³-hybridized carbons (Fsp3) is 0.267. The van der Waals surface area contributed by atoms with Crippen molar-refractivity contribution in [2.75, 3.05) is 0 Å². The first kappa shape index (κ1) is 15.7. The molecule has 112 valence electrons. The molecule has 0 radical (unpaired) electrons. The number of hydrogen-bond acceptors (Lipinski definition) is 2. The van der Waals surface area contributed by atoms with E-state index < -0.39 is 17.6 Å². The largest absolute Gasteiger partial charge is 0.416 e. The van der Waals surface area contributed by atoms with Crippen LogP contribution in [0.4, 0.5) is 17.6 Å². The van der Waals surface area contributed by atoms with E-state index in [1.807, 2.05) is 6.92 Å². The van der Waals surface area contributed by atoms with Crippen LogP contribution in [0.15, 0.2) is 30.3 Å². The average molecular weight is 316 g/mol. The monoisotopic (exact) mass is 316 g/mol. The van der Waals surface area contributed by atoms with E-state index in [4.69, 9.17) is 0 Å². The first-order chi connectivity index (χ1) is 9.82. The lowest BCUT2D eigenvalue weighted by atomic mass is 10.1. The third kappa shape index (κ3) is 3.50. The summed E-state index contributed by atoms with van der Waals surface area (Å²) in [7, 11) is 0. The number of ketones is 1. The second-order valence-corrected chi connectivity index (χ2v) is 5.61. The van der Waals surface area contributed by atoms with Crippen LogP contribution >= 0.6 is 11.3 Å². The molecular formula is C15H12F4OS. The SMILES string of the molecule is CCCC(=O)c1ccc(-c2cc(C(F)(F)F)ccc2F)s1. The van der Waals surface area contributed by atoms with Gasteiger partial charge >= 0.3 is 6.18 Å². The molecule has 21 heavy (non-hydrogen) atoms. The molecule has 0 aliphatic carbocycles. The van der Waals surface area contributed by atoms with Gasteiger partial charge in [0.1, 0.15) is 5.82 Å². The summed E-state index contributed by atoms with van der Waals surface area (Å²) in [4.78, 5) is 12.5. The van der Waals surface area contributed by atoms with E-state index in [0.29, 0.717) is 28.7 Å². The Labute approximate surface area is 123 Å². The van der Waals surface area contributed by atoms with Crippen molar-refractivity contribution in [1.29, 1.82) is 0 Å². The van der Waals surface area contributed by atoms with Gasteiger partial charge in [0.2, 0.25) is 0 Å². The van der Waals surface area contributed by atoms with E-state index in [9.17, 15) is 22.4 Å². The van der Waals surface area contributed by atoms with Crippen LogP contribution in [0.3, 0.4) is 0 Å². The van der Waals surface area contributed by atoms with E-state index in [1.165, 1.54) is 12.1 Å². The summed E-state index contributed by atoms with van der Waals surface area (Å²) in [5.41, 5.74) is -1.04. The zero-order valence-electron chi connectivity index (χ0n) is 11.1. The number of hydrogen-bond donors (Lipinski definition) is 0. The van der Waals surface area contributed by atoms with Gasteiger partial charge in [-0.1, -0.05) is 6.92 Å². The van der Waals surface area contributed by atoms with Crippen molar-refractivity contribution in [3.05, 3.63) is 46.6 Å². The van der Waals surface area contributed by atoms with Gasteiger partial charge in [-0.25, -0.2) is 4.39 Å². The van der Waals surface area contributed by atoms with E-state index in [-0.39, 0.29) is 11.3 Å². The Morgan fingerprint density at radius 2 is 1.90 bits per heavy atom. The first-order valence-corrected chi connectivity index (χ1v) is 7.14. The van der Waals surface area contributed by atoms with Gasteiger partial charge in [0, 0.05) is 16.9 Å². The minimum atomic E-state index is -4.53. The number of Topliss-reactive ketones (excluding diaryl/α,β-unsaturated/α-hetero) is 1. The molecule has 2 aromatic rings. The van der Waals surface area contributed by atoms with Crippen molar-refractivity contribution in [2.45, 2.75) is 25.9 Å². The molecule has 0 bridgehead atoms. The molecule has 0 N–H and O–H groups in total. The maximum absolute atomic E-state index is 13.8. The molecule has 1 aromatic carbocycles. The topological polar surface area (TPSA) is 17.1 Å². The number of rotatable bonds is 4. The smallest absolute Gasteiger partial charge is 0.293 e. The second-order valence-electron chi connectivity index (χ2n) is 4.53. The molecule has 0 spiro atoms. The van der Waals surface area contributed by atoms with Crippen LogP contribution in [0, 0.1) is 5.82 Å². The third-order valence-electron chi connectivity index (χ3n) is 2.92. The van der Waals surface area contributed by atoms with E-state index in [2.05, 4.69) is 0 Å². The van der Waals surface area contributed by atoms with Gasteiger partial charge in [-0.3, -0.25) is 4.79 Å². The summed E-state index contributed by atoms with van der Waals surface area (Å²) in [5.74, 6) is -0.819. The first-order valence-electron chi connectivity index (χ1n) is 6.33. The Balaban J connectivity index is 2.40. The zero-order valence-corrected chi connectivity index (χ0v) is 11.9. The van der Waals surface area contributed by atoms with Crippen molar-refractivity contribution in [3.63, 3.8) is 0 Å². The van der Waals surface area contributed by atoms with Crippen molar-refractivity contribution < 1.29 is 22.4 Å². The summed E-state index contributed by atoms with van der Waals surface area (Å²) in [6.45, 7) is 1.86. The molecule has 1 heterocycles. The number of carbonyl (C=O) groups is 1. The molecule has 0 saturated carbocycles. The zero-order chi connectivity index (χ0) is 15.6. The maximum atomic E-state index is 13.8. The van der Waals surface area contributed by atoms with E-state index in [0.717, 1.165) is 23.5 Å². The standard InChI is InChI=1S/C15H12F4OS/c1-2-3-12(20)14-7-6-13(21-14)10-8-9(15(17,18)19)4-5-11(10)16/h4-8H,2-3H2,1H3. The molecule has 1 nitrogen and oxygen atoms in total. The highest BCUT2D eigenvalue weighted by Gasteiger charge is 2.31. The van der Waals surface area contributed by atoms with Gasteiger partial charge in [0.25, 0.3) is 0 Å². The molecular weight excluding hydrogens is 304 g/mol. The lowest BCUT2D eigenvalue weighted by Crippen LogP contribution is -2.05. The summed E-state index contributed by atoms with van der Waals surface area (Å²) in [6, 6.07) is 5.28. The number of thiophene rings is 1. The van der Waals surface area contributed by atoms with Crippen molar-refractivity contribution in [2.24, 2.45) is 0 Å². The molecule has 2 rings (SSSR count). The van der Waals surface area contributed by atoms with Gasteiger partial charge in [-0.2, -0.15) is 13.2 Å². The molecule has 1 aromatic heterocycles. The van der Waals surface area contributed by atoms with Crippen LogP contribution in [-0.2, 0) is 6.18 Å². The number of halogens is 4. The molecule has 0 unspecified atom stereocenters. The van der Waals surface area contributed by atoms with Crippen LogP contribution in [0.25, 0.3) is 10.4 Å². The Morgan fingerprint density at radius 3 is 2.52 bits per heavy atom. The highest BCUT2D eigenvalue weighted by atomic mass is 32.1. The molecule has 6 heteroatoms. The lowest BCUT2D eigenvalue weighted by Gasteiger charge is -2.08. The Bertz CT molecular complexity index is 658. The number of carbonyl (C=O) groups excluding carboxylic acids is 1. The second kappa shape index (κ2) is 5.97.